The van der Waals surface area contributed by atoms with Crippen molar-refractivity contribution in [2.75, 3.05) is 0 Å². The number of ether oxygens (including phenoxy) is 1. The number of nitrogens with two attached hydrogens (primary N) is 1. The molecule has 0 atom stereocenters. The zero-order valence-corrected chi connectivity index (χ0v) is 13.0. The zero-order chi connectivity index (χ0) is 14.7. The number of fused-ring (bicyclic) bond motifs is 1. The zero-order valence-electron chi connectivity index (χ0n) is 11.4. The summed E-state index contributed by atoms with van der Waals surface area (Å²) in [4.78, 5) is 4.51. The van der Waals surface area contributed by atoms with Crippen LogP contribution < -0.4 is 10.5 Å². The summed E-state index contributed by atoms with van der Waals surface area (Å²) in [6.07, 6.45) is 0. The molecule has 21 heavy (non-hydrogen) atoms. The molecule has 0 radical (unpaired) electrons. The topological polar surface area (TPSA) is 48.1 Å². The normalized spacial score (nSPS) is 10.8. The summed E-state index contributed by atoms with van der Waals surface area (Å²) in [7, 11) is 0. The first kappa shape index (κ1) is 14.0. The summed E-state index contributed by atoms with van der Waals surface area (Å²) < 4.78 is 7.05. The third-order valence-electron chi connectivity index (χ3n) is 3.28. The van der Waals surface area contributed by atoms with Gasteiger partial charge < -0.3 is 10.5 Å². The number of hydrogen-bond donors (Lipinski definition) is 1. The highest BCUT2D eigenvalue weighted by atomic mass is 79.9. The second-order valence-electron chi connectivity index (χ2n) is 4.71. The summed E-state index contributed by atoms with van der Waals surface area (Å²) in [5, 5.41) is 1.00. The van der Waals surface area contributed by atoms with Crippen molar-refractivity contribution in [3.05, 3.63) is 70.3 Å². The Morgan fingerprint density at radius 2 is 1.81 bits per heavy atom. The molecule has 1 aromatic heterocycles. The molecule has 2 aromatic carbocycles. The second kappa shape index (κ2) is 6.24. The van der Waals surface area contributed by atoms with E-state index in [1.807, 2.05) is 54.6 Å². The van der Waals surface area contributed by atoms with Crippen molar-refractivity contribution >= 4 is 26.8 Å². The summed E-state index contributed by atoms with van der Waals surface area (Å²) in [5.41, 5.74) is 8.55. The first-order valence-electron chi connectivity index (χ1n) is 6.73. The fourth-order valence-electron chi connectivity index (χ4n) is 2.19. The number of pyridine rings is 1. The van der Waals surface area contributed by atoms with Crippen molar-refractivity contribution in [1.29, 1.82) is 0 Å². The van der Waals surface area contributed by atoms with Crippen LogP contribution in [-0.4, -0.2) is 4.98 Å². The van der Waals surface area contributed by atoms with Crippen LogP contribution in [0.2, 0.25) is 0 Å². The monoisotopic (exact) mass is 342 g/mol. The number of halogens is 1. The van der Waals surface area contributed by atoms with Crippen molar-refractivity contribution in [2.45, 2.75) is 13.2 Å². The summed E-state index contributed by atoms with van der Waals surface area (Å²) in [5.74, 6) is 0.816. The maximum absolute atomic E-state index is 6.00. The molecular formula is C17H15BrN2O. The maximum Gasteiger partial charge on any atom is 0.131 e. The third-order valence-corrected chi connectivity index (χ3v) is 4.06. The van der Waals surface area contributed by atoms with Gasteiger partial charge in [-0.15, -0.1) is 0 Å². The van der Waals surface area contributed by atoms with Gasteiger partial charge in [0.1, 0.15) is 12.4 Å². The van der Waals surface area contributed by atoms with Crippen LogP contribution in [0.15, 0.2) is 59.1 Å². The van der Waals surface area contributed by atoms with Gasteiger partial charge in [0, 0.05) is 28.0 Å². The van der Waals surface area contributed by atoms with Crippen LogP contribution in [0.25, 0.3) is 10.9 Å². The van der Waals surface area contributed by atoms with Crippen LogP contribution in [0.5, 0.6) is 5.75 Å². The van der Waals surface area contributed by atoms with Gasteiger partial charge in [0.25, 0.3) is 0 Å². The van der Waals surface area contributed by atoms with E-state index in [0.29, 0.717) is 13.2 Å². The molecule has 3 aromatic rings. The fourth-order valence-corrected chi connectivity index (χ4v) is 2.59. The van der Waals surface area contributed by atoms with E-state index in [-0.39, 0.29) is 0 Å². The standard InChI is InChI=1S/C17H15BrN2O/c18-15-7-3-1-5-12(15)11-21-17-9-13(10-19)20-16-8-4-2-6-14(16)17/h1-9H,10-11,19H2. The van der Waals surface area contributed by atoms with Crippen LogP contribution in [0, 0.1) is 0 Å². The van der Waals surface area contributed by atoms with Crippen LogP contribution in [0.3, 0.4) is 0 Å². The Balaban J connectivity index is 1.94. The molecule has 1 heterocycles. The van der Waals surface area contributed by atoms with Crippen molar-refractivity contribution in [2.24, 2.45) is 5.73 Å². The van der Waals surface area contributed by atoms with Gasteiger partial charge in [-0.05, 0) is 18.2 Å². The number of nitrogens with zero attached hydrogens (tertiary/aromatic N) is 1. The maximum atomic E-state index is 6.00. The smallest absolute Gasteiger partial charge is 0.131 e. The van der Waals surface area contributed by atoms with Gasteiger partial charge in [0.15, 0.2) is 0 Å². The molecule has 0 amide bonds. The highest BCUT2D eigenvalue weighted by Gasteiger charge is 2.07. The Bertz CT molecular complexity index is 774. The van der Waals surface area contributed by atoms with Crippen LogP contribution in [0.1, 0.15) is 11.3 Å². The molecule has 0 spiro atoms. The first-order valence-corrected chi connectivity index (χ1v) is 7.52. The first-order chi connectivity index (χ1) is 10.3. The number of para-hydroxylation sites is 1. The molecule has 0 saturated carbocycles. The van der Waals surface area contributed by atoms with Gasteiger partial charge >= 0.3 is 0 Å². The van der Waals surface area contributed by atoms with Crippen molar-refractivity contribution in [3.8, 4) is 5.75 Å². The lowest BCUT2D eigenvalue weighted by Gasteiger charge is -2.11. The number of hydrogen-bond acceptors (Lipinski definition) is 3. The van der Waals surface area contributed by atoms with Gasteiger partial charge in [-0.2, -0.15) is 0 Å². The van der Waals surface area contributed by atoms with E-state index in [0.717, 1.165) is 32.4 Å². The SMILES string of the molecule is NCc1cc(OCc2ccccc2Br)c2ccccc2n1. The molecule has 0 aliphatic heterocycles. The lowest BCUT2D eigenvalue weighted by Crippen LogP contribution is -2.03. The largest absolute Gasteiger partial charge is 0.488 e. The Morgan fingerprint density at radius 3 is 2.62 bits per heavy atom. The minimum absolute atomic E-state index is 0.399. The van der Waals surface area contributed by atoms with E-state index in [1.165, 1.54) is 0 Å². The third kappa shape index (κ3) is 3.06. The van der Waals surface area contributed by atoms with Crippen LogP contribution in [-0.2, 0) is 13.2 Å². The molecule has 0 saturated heterocycles. The number of aromatic nitrogens is 1. The molecule has 106 valence electrons. The predicted molar refractivity (Wildman–Crippen MR) is 88.1 cm³/mol. The number of benzene rings is 2. The predicted octanol–water partition coefficient (Wildman–Crippen LogP) is 4.04. The Kier molecular flexibility index (Phi) is 4.18. The lowest BCUT2D eigenvalue weighted by molar-refractivity contribution is 0.308. The highest BCUT2D eigenvalue weighted by molar-refractivity contribution is 9.10. The van der Waals surface area contributed by atoms with Crippen LogP contribution >= 0.6 is 15.9 Å². The average molecular weight is 343 g/mol. The molecule has 2 N–H and O–H groups in total. The summed E-state index contributed by atoms with van der Waals surface area (Å²) in [6, 6.07) is 17.9. The molecule has 4 heteroatoms. The number of rotatable bonds is 4. The highest BCUT2D eigenvalue weighted by Crippen LogP contribution is 2.27. The summed E-state index contributed by atoms with van der Waals surface area (Å²) in [6.45, 7) is 0.898. The van der Waals surface area contributed by atoms with E-state index in [2.05, 4.69) is 20.9 Å². The van der Waals surface area contributed by atoms with Gasteiger partial charge in [-0.3, -0.25) is 4.98 Å². The molecule has 3 nitrogen and oxygen atoms in total. The molecule has 0 aliphatic carbocycles. The molecular weight excluding hydrogens is 328 g/mol. The van der Waals surface area contributed by atoms with Crippen molar-refractivity contribution < 1.29 is 4.74 Å². The van der Waals surface area contributed by atoms with Gasteiger partial charge in [-0.1, -0.05) is 46.3 Å². The van der Waals surface area contributed by atoms with E-state index in [9.17, 15) is 0 Å². The molecule has 3 rings (SSSR count). The van der Waals surface area contributed by atoms with Crippen LogP contribution in [0.4, 0.5) is 0 Å². The Labute approximate surface area is 131 Å². The average Bonchev–Trinajstić information content (AvgIpc) is 2.53. The minimum Gasteiger partial charge on any atom is -0.488 e. The Morgan fingerprint density at radius 1 is 1.05 bits per heavy atom. The molecule has 0 aliphatic rings. The lowest BCUT2D eigenvalue weighted by atomic mass is 10.1. The van der Waals surface area contributed by atoms with Gasteiger partial charge in [0.05, 0.1) is 11.2 Å². The van der Waals surface area contributed by atoms with E-state index < -0.39 is 0 Å². The fraction of sp³-hybridized carbons (Fsp3) is 0.118. The second-order valence-corrected chi connectivity index (χ2v) is 5.57. The van der Waals surface area contributed by atoms with Crippen molar-refractivity contribution in [1.82, 2.24) is 4.98 Å². The van der Waals surface area contributed by atoms with Crippen molar-refractivity contribution in [3.63, 3.8) is 0 Å². The quantitative estimate of drug-likeness (QED) is 0.778. The molecule has 0 bridgehead atoms. The minimum atomic E-state index is 0.399. The van der Waals surface area contributed by atoms with Gasteiger partial charge in [0.2, 0.25) is 0 Å². The van der Waals surface area contributed by atoms with Gasteiger partial charge in [-0.25, -0.2) is 0 Å². The molecule has 0 fully saturated rings. The van der Waals surface area contributed by atoms with E-state index in [4.69, 9.17) is 10.5 Å². The summed E-state index contributed by atoms with van der Waals surface area (Å²) >= 11 is 3.54. The Hall–Kier alpha value is -1.91. The van der Waals surface area contributed by atoms with E-state index in [1.54, 1.807) is 0 Å². The van der Waals surface area contributed by atoms with E-state index >= 15 is 0 Å². The molecule has 0 unspecified atom stereocenters.